The minimum atomic E-state index is 0.0485. The van der Waals surface area contributed by atoms with Crippen LogP contribution in [0.2, 0.25) is 5.02 Å². The van der Waals surface area contributed by atoms with Crippen molar-refractivity contribution in [1.29, 1.82) is 0 Å². The van der Waals surface area contributed by atoms with E-state index in [0.717, 1.165) is 38.3 Å². The summed E-state index contributed by atoms with van der Waals surface area (Å²) < 4.78 is 0. The second kappa shape index (κ2) is 10.3. The van der Waals surface area contributed by atoms with E-state index in [2.05, 4.69) is 51.5 Å². The van der Waals surface area contributed by atoms with E-state index < -0.39 is 0 Å². The molecule has 5 heteroatoms. The molecule has 0 atom stereocenters. The maximum Gasteiger partial charge on any atom is 0.234 e. The highest BCUT2D eigenvalue weighted by Crippen LogP contribution is 2.14. The third-order valence-electron chi connectivity index (χ3n) is 4.74. The van der Waals surface area contributed by atoms with Crippen LogP contribution in [0.25, 0.3) is 6.08 Å². The number of carbonyl (C=O) groups is 1. The summed E-state index contributed by atoms with van der Waals surface area (Å²) in [6.45, 7) is 5.66. The van der Waals surface area contributed by atoms with Gasteiger partial charge in [-0.05, 0) is 17.2 Å². The monoisotopic (exact) mass is 383 g/mol. The molecule has 0 bridgehead atoms. The Morgan fingerprint density at radius 3 is 2.37 bits per heavy atom. The number of rotatable bonds is 7. The summed E-state index contributed by atoms with van der Waals surface area (Å²) in [7, 11) is 0. The zero-order valence-corrected chi connectivity index (χ0v) is 16.2. The smallest absolute Gasteiger partial charge is 0.234 e. The first-order valence-corrected chi connectivity index (χ1v) is 9.75. The highest BCUT2D eigenvalue weighted by atomic mass is 35.5. The van der Waals surface area contributed by atoms with Crippen LogP contribution in [-0.2, 0) is 11.3 Å². The molecule has 2 aromatic carbocycles. The van der Waals surface area contributed by atoms with E-state index in [0.29, 0.717) is 18.1 Å². The number of benzene rings is 2. The maximum absolute atomic E-state index is 12.2. The molecule has 0 radical (unpaired) electrons. The number of amides is 1. The van der Waals surface area contributed by atoms with Crippen LogP contribution >= 0.6 is 11.6 Å². The molecular formula is C22H26ClN3O. The van der Waals surface area contributed by atoms with Gasteiger partial charge < -0.3 is 5.32 Å². The van der Waals surface area contributed by atoms with Crippen LogP contribution in [0.3, 0.4) is 0 Å². The Morgan fingerprint density at radius 1 is 0.963 bits per heavy atom. The van der Waals surface area contributed by atoms with E-state index in [1.807, 2.05) is 30.3 Å². The summed E-state index contributed by atoms with van der Waals surface area (Å²) >= 11 is 6.12. The lowest BCUT2D eigenvalue weighted by Gasteiger charge is -2.33. The Labute approximate surface area is 166 Å². The Kier molecular flexibility index (Phi) is 7.45. The van der Waals surface area contributed by atoms with Crippen LogP contribution in [0.15, 0.2) is 60.7 Å². The van der Waals surface area contributed by atoms with Gasteiger partial charge >= 0.3 is 0 Å². The van der Waals surface area contributed by atoms with Gasteiger partial charge in [0, 0.05) is 44.3 Å². The fourth-order valence-corrected chi connectivity index (χ4v) is 3.33. The molecule has 1 N–H and O–H groups in total. The Morgan fingerprint density at radius 2 is 1.63 bits per heavy atom. The molecule has 0 aliphatic carbocycles. The predicted molar refractivity (Wildman–Crippen MR) is 112 cm³/mol. The van der Waals surface area contributed by atoms with Crippen molar-refractivity contribution in [2.24, 2.45) is 0 Å². The molecular weight excluding hydrogens is 358 g/mol. The highest BCUT2D eigenvalue weighted by Gasteiger charge is 2.18. The van der Waals surface area contributed by atoms with Crippen molar-refractivity contribution < 1.29 is 4.79 Å². The summed E-state index contributed by atoms with van der Waals surface area (Å²) in [4.78, 5) is 16.8. The third-order valence-corrected chi connectivity index (χ3v) is 5.11. The van der Waals surface area contributed by atoms with Crippen molar-refractivity contribution in [3.05, 3.63) is 76.8 Å². The SMILES string of the molecule is O=C(CN1CCN(C/C=C/c2ccccc2)CC1)NCc1ccccc1Cl. The second-order valence-electron chi connectivity index (χ2n) is 6.76. The lowest BCUT2D eigenvalue weighted by molar-refractivity contribution is -0.122. The van der Waals surface area contributed by atoms with Crippen LogP contribution in [-0.4, -0.2) is 55.0 Å². The largest absolute Gasteiger partial charge is 0.351 e. The van der Waals surface area contributed by atoms with Crippen LogP contribution in [0, 0.1) is 0 Å². The first-order chi connectivity index (χ1) is 13.2. The molecule has 4 nitrogen and oxygen atoms in total. The molecule has 1 aliphatic heterocycles. The minimum Gasteiger partial charge on any atom is -0.351 e. The van der Waals surface area contributed by atoms with Crippen LogP contribution in [0.1, 0.15) is 11.1 Å². The minimum absolute atomic E-state index is 0.0485. The van der Waals surface area contributed by atoms with Gasteiger partial charge in [0.05, 0.1) is 6.54 Å². The van der Waals surface area contributed by atoms with Crippen molar-refractivity contribution in [3.8, 4) is 0 Å². The molecule has 0 spiro atoms. The standard InChI is InChI=1S/C22H26ClN3O/c23-21-11-5-4-10-20(21)17-24-22(27)18-26-15-13-25(14-16-26)12-6-9-19-7-2-1-3-8-19/h1-11H,12-18H2,(H,24,27)/b9-6+. The molecule has 0 saturated carbocycles. The van der Waals surface area contributed by atoms with Crippen molar-refractivity contribution in [3.63, 3.8) is 0 Å². The average molecular weight is 384 g/mol. The van der Waals surface area contributed by atoms with E-state index in [1.54, 1.807) is 0 Å². The second-order valence-corrected chi connectivity index (χ2v) is 7.17. The van der Waals surface area contributed by atoms with Gasteiger partial charge in [-0.1, -0.05) is 72.3 Å². The summed E-state index contributed by atoms with van der Waals surface area (Å²) in [5.74, 6) is 0.0485. The predicted octanol–water partition coefficient (Wildman–Crippen LogP) is 3.29. The molecule has 1 fully saturated rings. The van der Waals surface area contributed by atoms with Gasteiger partial charge in [0.1, 0.15) is 0 Å². The van der Waals surface area contributed by atoms with E-state index in [-0.39, 0.29) is 5.91 Å². The molecule has 142 valence electrons. The average Bonchev–Trinajstić information content (AvgIpc) is 2.69. The van der Waals surface area contributed by atoms with E-state index in [9.17, 15) is 4.79 Å². The fraction of sp³-hybridized carbons (Fsp3) is 0.318. The zero-order chi connectivity index (χ0) is 18.9. The summed E-state index contributed by atoms with van der Waals surface area (Å²) in [6.07, 6.45) is 4.37. The van der Waals surface area contributed by atoms with Gasteiger partial charge in [-0.25, -0.2) is 0 Å². The number of carbonyl (C=O) groups excluding carboxylic acids is 1. The third kappa shape index (κ3) is 6.51. The lowest BCUT2D eigenvalue weighted by Crippen LogP contribution is -2.49. The highest BCUT2D eigenvalue weighted by molar-refractivity contribution is 6.31. The van der Waals surface area contributed by atoms with Crippen LogP contribution < -0.4 is 5.32 Å². The molecule has 0 unspecified atom stereocenters. The molecule has 1 saturated heterocycles. The van der Waals surface area contributed by atoms with Crippen molar-refractivity contribution in [2.75, 3.05) is 39.3 Å². The van der Waals surface area contributed by atoms with E-state index in [1.165, 1.54) is 5.56 Å². The lowest BCUT2D eigenvalue weighted by atomic mass is 10.2. The summed E-state index contributed by atoms with van der Waals surface area (Å²) in [5, 5.41) is 3.65. The van der Waals surface area contributed by atoms with E-state index in [4.69, 9.17) is 11.6 Å². The quantitative estimate of drug-likeness (QED) is 0.796. The normalized spacial score (nSPS) is 15.9. The van der Waals surface area contributed by atoms with Crippen molar-refractivity contribution in [1.82, 2.24) is 15.1 Å². The van der Waals surface area contributed by atoms with Gasteiger partial charge in [-0.2, -0.15) is 0 Å². The molecule has 1 heterocycles. The molecule has 27 heavy (non-hydrogen) atoms. The summed E-state index contributed by atoms with van der Waals surface area (Å²) in [6, 6.07) is 17.9. The first kappa shape index (κ1) is 19.6. The number of piperazine rings is 1. The number of nitrogens with one attached hydrogen (secondary N) is 1. The van der Waals surface area contributed by atoms with Crippen LogP contribution in [0.4, 0.5) is 0 Å². The number of nitrogens with zero attached hydrogens (tertiary/aromatic N) is 2. The topological polar surface area (TPSA) is 35.6 Å². The first-order valence-electron chi connectivity index (χ1n) is 9.37. The maximum atomic E-state index is 12.2. The summed E-state index contributed by atoms with van der Waals surface area (Å²) in [5.41, 5.74) is 2.17. The Hall–Kier alpha value is -2.14. The van der Waals surface area contributed by atoms with Gasteiger partial charge in [0.2, 0.25) is 5.91 Å². The van der Waals surface area contributed by atoms with Gasteiger partial charge in [0.15, 0.2) is 0 Å². The number of halogens is 1. The number of hydrogen-bond acceptors (Lipinski definition) is 3. The Balaban J connectivity index is 1.35. The van der Waals surface area contributed by atoms with Gasteiger partial charge in [0.25, 0.3) is 0 Å². The van der Waals surface area contributed by atoms with E-state index >= 15 is 0 Å². The molecule has 3 rings (SSSR count). The molecule has 1 aliphatic rings. The van der Waals surface area contributed by atoms with Crippen LogP contribution in [0.5, 0.6) is 0 Å². The number of hydrogen-bond donors (Lipinski definition) is 1. The van der Waals surface area contributed by atoms with Crippen molar-refractivity contribution >= 4 is 23.6 Å². The molecule has 0 aromatic heterocycles. The Bertz CT molecular complexity index is 755. The molecule has 2 aromatic rings. The van der Waals surface area contributed by atoms with Crippen molar-refractivity contribution in [2.45, 2.75) is 6.54 Å². The molecule has 1 amide bonds. The van der Waals surface area contributed by atoms with Gasteiger partial charge in [-0.3, -0.25) is 14.6 Å². The van der Waals surface area contributed by atoms with Gasteiger partial charge in [-0.15, -0.1) is 0 Å². The zero-order valence-electron chi connectivity index (χ0n) is 15.5. The fourth-order valence-electron chi connectivity index (χ4n) is 3.13.